The van der Waals surface area contributed by atoms with Gasteiger partial charge in [0.2, 0.25) is 0 Å². The summed E-state index contributed by atoms with van der Waals surface area (Å²) in [5.41, 5.74) is 0.820. The summed E-state index contributed by atoms with van der Waals surface area (Å²) in [7, 11) is 0. The van der Waals surface area contributed by atoms with Crippen molar-refractivity contribution in [3.8, 4) is 5.75 Å². The summed E-state index contributed by atoms with van der Waals surface area (Å²) in [5.74, 6) is -0.817. The van der Waals surface area contributed by atoms with Crippen molar-refractivity contribution in [3.05, 3.63) is 40.9 Å². The van der Waals surface area contributed by atoms with E-state index in [-0.39, 0.29) is 17.5 Å². The minimum Gasteiger partial charge on any atom is -0.444 e. The van der Waals surface area contributed by atoms with Crippen LogP contribution >= 0.6 is 11.3 Å². The molecule has 1 fully saturated rings. The first kappa shape index (κ1) is 28.5. The molecule has 4 amide bonds. The summed E-state index contributed by atoms with van der Waals surface area (Å²) in [6.07, 6.45) is -2.43. The zero-order chi connectivity index (χ0) is 29.7. The van der Waals surface area contributed by atoms with Crippen molar-refractivity contribution >= 4 is 56.6 Å². The Morgan fingerprint density at radius 1 is 1.17 bits per heavy atom. The Morgan fingerprint density at radius 3 is 2.61 bits per heavy atom. The lowest BCUT2D eigenvalue weighted by atomic mass is 10.1. The third kappa shape index (κ3) is 6.01. The molecule has 1 unspecified atom stereocenters. The number of carbonyl (C=O) groups excluding carboxylic acids is 3. The molecule has 2 aliphatic heterocycles. The first-order valence-corrected chi connectivity index (χ1v) is 13.7. The Balaban J connectivity index is 1.40. The van der Waals surface area contributed by atoms with E-state index in [1.54, 1.807) is 38.7 Å². The Labute approximate surface area is 237 Å². The summed E-state index contributed by atoms with van der Waals surface area (Å²) in [4.78, 5) is 47.4. The molecule has 0 radical (unpaired) electrons. The summed E-state index contributed by atoms with van der Waals surface area (Å²) in [6.45, 7) is 7.75. The number of thiophene rings is 1. The van der Waals surface area contributed by atoms with Crippen molar-refractivity contribution in [1.82, 2.24) is 15.2 Å². The summed E-state index contributed by atoms with van der Waals surface area (Å²) in [5, 5.41) is 6.29. The van der Waals surface area contributed by atoms with E-state index in [1.807, 2.05) is 0 Å². The van der Waals surface area contributed by atoms with Crippen LogP contribution in [0.5, 0.6) is 5.75 Å². The van der Waals surface area contributed by atoms with Crippen molar-refractivity contribution in [1.29, 1.82) is 0 Å². The highest BCUT2D eigenvalue weighted by atomic mass is 32.1. The van der Waals surface area contributed by atoms with Gasteiger partial charge in [-0.3, -0.25) is 9.69 Å². The molecular weight excluding hydrogens is 563 g/mol. The number of piperidine rings is 1. The second-order valence-corrected chi connectivity index (χ2v) is 11.8. The number of aromatic nitrogens is 1. The SMILES string of the molecule is Cc1cc(OC(F)(F)F)ccc1N1C(=O)Nc2c(C(=O)NC3CCCN(C(=O)OC(C)(C)C)C3)sc3nccc1c23. The smallest absolute Gasteiger partial charge is 0.444 e. The molecule has 2 aliphatic rings. The predicted octanol–water partition coefficient (Wildman–Crippen LogP) is 6.32. The number of carbonyl (C=O) groups is 3. The number of urea groups is 1. The van der Waals surface area contributed by atoms with E-state index < -0.39 is 35.7 Å². The molecular formula is C27H28F3N5O5S. The largest absolute Gasteiger partial charge is 0.573 e. The number of aryl methyl sites for hydroxylation is 1. The first-order valence-electron chi connectivity index (χ1n) is 12.9. The van der Waals surface area contributed by atoms with Gasteiger partial charge in [-0.05, 0) is 70.4 Å². The van der Waals surface area contributed by atoms with Gasteiger partial charge in [0.1, 0.15) is 21.1 Å². The monoisotopic (exact) mass is 591 g/mol. The highest BCUT2D eigenvalue weighted by Crippen LogP contribution is 2.46. The molecule has 0 aliphatic carbocycles. The third-order valence-corrected chi connectivity index (χ3v) is 7.60. The molecule has 2 N–H and O–H groups in total. The number of halogens is 3. The molecule has 218 valence electrons. The number of benzene rings is 1. The Kier molecular flexibility index (Phi) is 7.22. The van der Waals surface area contributed by atoms with E-state index in [9.17, 15) is 27.6 Å². The highest BCUT2D eigenvalue weighted by Gasteiger charge is 2.36. The van der Waals surface area contributed by atoms with Crippen LogP contribution in [0.25, 0.3) is 10.2 Å². The molecule has 1 aromatic carbocycles. The topological polar surface area (TPSA) is 113 Å². The minimum absolute atomic E-state index is 0.257. The molecule has 5 rings (SSSR count). The van der Waals surface area contributed by atoms with Crippen LogP contribution in [0.15, 0.2) is 30.5 Å². The van der Waals surface area contributed by atoms with Crippen LogP contribution in [0.4, 0.5) is 39.8 Å². The van der Waals surface area contributed by atoms with Gasteiger partial charge in [0.15, 0.2) is 0 Å². The Bertz CT molecular complexity index is 1530. The fourth-order valence-corrected chi connectivity index (χ4v) is 5.92. The lowest BCUT2D eigenvalue weighted by Crippen LogP contribution is -2.50. The second kappa shape index (κ2) is 10.4. The molecule has 41 heavy (non-hydrogen) atoms. The molecule has 0 bridgehead atoms. The van der Waals surface area contributed by atoms with Crippen molar-refractivity contribution in [2.75, 3.05) is 23.3 Å². The van der Waals surface area contributed by atoms with Gasteiger partial charge in [-0.25, -0.2) is 14.6 Å². The van der Waals surface area contributed by atoms with Gasteiger partial charge in [-0.2, -0.15) is 0 Å². The third-order valence-electron chi connectivity index (χ3n) is 6.50. The van der Waals surface area contributed by atoms with Gasteiger partial charge < -0.3 is 25.0 Å². The fraction of sp³-hybridized carbons (Fsp3) is 0.407. The number of nitrogens with zero attached hydrogens (tertiary/aromatic N) is 3. The van der Waals surface area contributed by atoms with Crippen LogP contribution in [-0.2, 0) is 4.74 Å². The fourth-order valence-electron chi connectivity index (χ4n) is 4.90. The van der Waals surface area contributed by atoms with Gasteiger partial charge in [0.05, 0.1) is 22.4 Å². The van der Waals surface area contributed by atoms with E-state index in [4.69, 9.17) is 4.74 Å². The van der Waals surface area contributed by atoms with E-state index in [2.05, 4.69) is 20.4 Å². The van der Waals surface area contributed by atoms with Gasteiger partial charge in [-0.1, -0.05) is 0 Å². The number of nitrogens with one attached hydrogen (secondary N) is 2. The number of anilines is 3. The molecule has 10 nitrogen and oxygen atoms in total. The zero-order valence-electron chi connectivity index (χ0n) is 22.7. The average Bonchev–Trinajstić information content (AvgIpc) is 3.23. The van der Waals surface area contributed by atoms with Crippen LogP contribution in [0.1, 0.15) is 48.8 Å². The predicted molar refractivity (Wildman–Crippen MR) is 147 cm³/mol. The minimum atomic E-state index is -4.85. The van der Waals surface area contributed by atoms with Gasteiger partial charge in [0, 0.05) is 25.3 Å². The van der Waals surface area contributed by atoms with Gasteiger partial charge in [0.25, 0.3) is 5.91 Å². The van der Waals surface area contributed by atoms with Crippen LogP contribution in [0.2, 0.25) is 0 Å². The zero-order valence-corrected chi connectivity index (χ0v) is 23.5. The van der Waals surface area contributed by atoms with Crippen LogP contribution < -0.4 is 20.3 Å². The van der Waals surface area contributed by atoms with Crippen LogP contribution in [0, 0.1) is 6.92 Å². The van der Waals surface area contributed by atoms with Gasteiger partial charge >= 0.3 is 18.5 Å². The molecule has 3 aromatic rings. The molecule has 1 saturated heterocycles. The van der Waals surface area contributed by atoms with E-state index >= 15 is 0 Å². The normalized spacial score (nSPS) is 17.3. The molecule has 0 saturated carbocycles. The number of alkyl halides is 3. The number of amides is 4. The molecule has 14 heteroatoms. The number of pyridine rings is 1. The maximum absolute atomic E-state index is 13.4. The maximum Gasteiger partial charge on any atom is 0.573 e. The summed E-state index contributed by atoms with van der Waals surface area (Å²) >= 11 is 1.11. The molecule has 1 atom stereocenters. The average molecular weight is 592 g/mol. The summed E-state index contributed by atoms with van der Waals surface area (Å²) < 4.78 is 47.5. The lowest BCUT2D eigenvalue weighted by Gasteiger charge is -2.34. The maximum atomic E-state index is 13.4. The van der Waals surface area contributed by atoms with Crippen LogP contribution in [0.3, 0.4) is 0 Å². The summed E-state index contributed by atoms with van der Waals surface area (Å²) in [6, 6.07) is 4.41. The molecule has 2 aromatic heterocycles. The van der Waals surface area contributed by atoms with Crippen molar-refractivity contribution < 1.29 is 37.0 Å². The van der Waals surface area contributed by atoms with E-state index in [0.29, 0.717) is 52.2 Å². The quantitative estimate of drug-likeness (QED) is 0.367. The van der Waals surface area contributed by atoms with Crippen molar-refractivity contribution in [3.63, 3.8) is 0 Å². The Morgan fingerprint density at radius 2 is 1.93 bits per heavy atom. The highest BCUT2D eigenvalue weighted by molar-refractivity contribution is 7.21. The standard InChI is InChI=1S/C27H28F3N5O5S/c1-14-12-16(39-27(28,29)30)7-8-17(14)35-18-9-10-31-23-19(18)20(33-24(35)37)21(41-23)22(36)32-15-6-5-11-34(13-15)25(38)40-26(2,3)4/h7-10,12,15H,5-6,11,13H2,1-4H3,(H,32,36)(H,33,37). The van der Waals surface area contributed by atoms with Crippen LogP contribution in [-0.4, -0.2) is 59.0 Å². The second-order valence-electron chi connectivity index (χ2n) is 10.8. The van der Waals surface area contributed by atoms with Crippen molar-refractivity contribution in [2.45, 2.75) is 58.5 Å². The Hall–Kier alpha value is -4.07. The van der Waals surface area contributed by atoms with Crippen molar-refractivity contribution in [2.24, 2.45) is 0 Å². The van der Waals surface area contributed by atoms with Gasteiger partial charge in [-0.15, -0.1) is 24.5 Å². The number of hydrogen-bond acceptors (Lipinski definition) is 7. The molecule has 0 spiro atoms. The lowest BCUT2D eigenvalue weighted by molar-refractivity contribution is -0.274. The first-order chi connectivity index (χ1) is 19.2. The number of rotatable bonds is 4. The molecule has 4 heterocycles. The number of ether oxygens (including phenoxy) is 2. The number of likely N-dealkylation sites (tertiary alicyclic amines) is 1. The van der Waals surface area contributed by atoms with E-state index in [1.165, 1.54) is 23.2 Å². The number of hydrogen-bond donors (Lipinski definition) is 2. The van der Waals surface area contributed by atoms with E-state index in [0.717, 1.165) is 17.4 Å².